The average Bonchev–Trinajstić information content (AvgIpc) is 2.88. The number of aliphatic carboxylic acids is 1. The van der Waals surface area contributed by atoms with Gasteiger partial charge in [0, 0.05) is 23.6 Å². The second-order valence-electron chi connectivity index (χ2n) is 5.01. The Hall–Kier alpha value is -2.50. The van der Waals surface area contributed by atoms with Gasteiger partial charge < -0.3 is 19.2 Å². The lowest BCUT2D eigenvalue weighted by Crippen LogP contribution is -2.37. The quantitative estimate of drug-likeness (QED) is 0.849. The highest BCUT2D eigenvalue weighted by Gasteiger charge is 2.18. The Labute approximate surface area is 128 Å². The van der Waals surface area contributed by atoms with Crippen LogP contribution in [0.1, 0.15) is 18.9 Å². The summed E-state index contributed by atoms with van der Waals surface area (Å²) in [6.07, 6.45) is 2.36. The fourth-order valence-corrected chi connectivity index (χ4v) is 2.33. The first-order valence-electron chi connectivity index (χ1n) is 7.08. The Balaban J connectivity index is 2.18. The fourth-order valence-electron chi connectivity index (χ4n) is 2.33. The van der Waals surface area contributed by atoms with Crippen LogP contribution >= 0.6 is 0 Å². The molecule has 2 aromatic rings. The zero-order valence-corrected chi connectivity index (χ0v) is 12.7. The van der Waals surface area contributed by atoms with Gasteiger partial charge in [-0.05, 0) is 18.6 Å². The summed E-state index contributed by atoms with van der Waals surface area (Å²) in [6, 6.07) is 5.39. The maximum absolute atomic E-state index is 12.3. The summed E-state index contributed by atoms with van der Waals surface area (Å²) in [5, 5.41) is 9.72. The lowest BCUT2D eigenvalue weighted by molar-refractivity contribution is -0.144. The third kappa shape index (κ3) is 3.58. The monoisotopic (exact) mass is 305 g/mol. The van der Waals surface area contributed by atoms with Crippen LogP contribution in [0.15, 0.2) is 28.9 Å². The highest BCUT2D eigenvalue weighted by atomic mass is 16.5. The van der Waals surface area contributed by atoms with E-state index in [1.165, 1.54) is 11.2 Å². The number of fused-ring (bicyclic) bond motifs is 1. The molecular weight excluding hydrogens is 286 g/mol. The number of carbonyl (C=O) groups is 2. The van der Waals surface area contributed by atoms with Crippen LogP contribution in [-0.2, 0) is 16.0 Å². The van der Waals surface area contributed by atoms with Crippen LogP contribution in [0.2, 0.25) is 0 Å². The number of hydrogen-bond acceptors (Lipinski definition) is 4. The summed E-state index contributed by atoms with van der Waals surface area (Å²) in [5.74, 6) is -0.551. The van der Waals surface area contributed by atoms with Crippen LogP contribution in [0.5, 0.6) is 5.75 Å². The van der Waals surface area contributed by atoms with Gasteiger partial charge in [-0.25, -0.2) is 0 Å². The van der Waals surface area contributed by atoms with Crippen molar-refractivity contribution >= 4 is 22.8 Å². The molecular formula is C16H19NO5. The maximum atomic E-state index is 12.3. The molecule has 1 aromatic heterocycles. The number of carbonyl (C=O) groups excluding carboxylic acids is 1. The zero-order chi connectivity index (χ0) is 16.1. The number of benzene rings is 1. The molecule has 0 saturated carbocycles. The van der Waals surface area contributed by atoms with Gasteiger partial charge in [-0.15, -0.1) is 0 Å². The van der Waals surface area contributed by atoms with Gasteiger partial charge in [0.05, 0.1) is 19.8 Å². The number of amides is 1. The molecule has 0 atom stereocenters. The first kappa shape index (κ1) is 15.9. The molecule has 2 rings (SSSR count). The van der Waals surface area contributed by atoms with E-state index >= 15 is 0 Å². The third-order valence-corrected chi connectivity index (χ3v) is 3.38. The summed E-state index contributed by atoms with van der Waals surface area (Å²) in [4.78, 5) is 24.5. The molecule has 1 aromatic carbocycles. The van der Waals surface area contributed by atoms with Gasteiger partial charge in [-0.2, -0.15) is 0 Å². The predicted octanol–water partition coefficient (Wildman–Crippen LogP) is 2.31. The van der Waals surface area contributed by atoms with Crippen LogP contribution in [-0.4, -0.2) is 42.1 Å². The van der Waals surface area contributed by atoms with Gasteiger partial charge in [0.25, 0.3) is 0 Å². The molecule has 0 aliphatic rings. The second kappa shape index (κ2) is 6.98. The smallest absolute Gasteiger partial charge is 0.323 e. The molecule has 1 heterocycles. The highest BCUT2D eigenvalue weighted by Crippen LogP contribution is 2.26. The van der Waals surface area contributed by atoms with Crippen LogP contribution < -0.4 is 4.74 Å². The Bertz CT molecular complexity index is 676. The van der Waals surface area contributed by atoms with E-state index in [9.17, 15) is 9.59 Å². The van der Waals surface area contributed by atoms with Crippen molar-refractivity contribution in [1.29, 1.82) is 0 Å². The summed E-state index contributed by atoms with van der Waals surface area (Å²) >= 11 is 0. The molecule has 0 aliphatic heterocycles. The third-order valence-electron chi connectivity index (χ3n) is 3.38. The van der Waals surface area contributed by atoms with E-state index < -0.39 is 5.97 Å². The van der Waals surface area contributed by atoms with Crippen molar-refractivity contribution in [2.75, 3.05) is 20.2 Å². The molecule has 0 spiro atoms. The lowest BCUT2D eigenvalue weighted by atomic mass is 10.1. The minimum atomic E-state index is -1.01. The fraction of sp³-hybridized carbons (Fsp3) is 0.375. The maximum Gasteiger partial charge on any atom is 0.323 e. The van der Waals surface area contributed by atoms with Crippen molar-refractivity contribution in [3.63, 3.8) is 0 Å². The van der Waals surface area contributed by atoms with Gasteiger partial charge in [-0.1, -0.05) is 6.92 Å². The molecule has 6 heteroatoms. The number of rotatable bonds is 7. The van der Waals surface area contributed by atoms with E-state index in [0.717, 1.165) is 10.9 Å². The number of methoxy groups -OCH3 is 1. The van der Waals surface area contributed by atoms with Crippen LogP contribution in [0.3, 0.4) is 0 Å². The minimum Gasteiger partial charge on any atom is -0.497 e. The molecule has 0 saturated heterocycles. The lowest BCUT2D eigenvalue weighted by Gasteiger charge is -2.19. The molecule has 0 aliphatic carbocycles. The Morgan fingerprint density at radius 2 is 2.14 bits per heavy atom. The Morgan fingerprint density at radius 1 is 1.36 bits per heavy atom. The predicted molar refractivity (Wildman–Crippen MR) is 81.0 cm³/mol. The number of carboxylic acid groups (broad SMARTS) is 1. The Morgan fingerprint density at radius 3 is 2.77 bits per heavy atom. The van der Waals surface area contributed by atoms with Crippen molar-refractivity contribution in [2.45, 2.75) is 19.8 Å². The van der Waals surface area contributed by atoms with E-state index in [1.54, 1.807) is 19.2 Å². The van der Waals surface area contributed by atoms with E-state index in [1.807, 2.05) is 13.0 Å². The molecule has 1 amide bonds. The van der Waals surface area contributed by atoms with Crippen molar-refractivity contribution in [2.24, 2.45) is 0 Å². The standard InChI is InChI=1S/C16H19NO5/c1-3-6-17(9-16(19)20)15(18)7-11-10-22-14-8-12(21-2)4-5-13(11)14/h4-5,8,10H,3,6-7,9H2,1-2H3,(H,19,20). The summed E-state index contributed by atoms with van der Waals surface area (Å²) in [5.41, 5.74) is 1.39. The molecule has 0 radical (unpaired) electrons. The number of furan rings is 1. The van der Waals surface area contributed by atoms with Crippen molar-refractivity contribution in [3.8, 4) is 5.75 Å². The number of hydrogen-bond donors (Lipinski definition) is 1. The molecule has 118 valence electrons. The first-order valence-corrected chi connectivity index (χ1v) is 7.08. The summed E-state index contributed by atoms with van der Waals surface area (Å²) < 4.78 is 10.6. The number of carboxylic acids is 1. The van der Waals surface area contributed by atoms with Crippen molar-refractivity contribution < 1.29 is 23.8 Å². The van der Waals surface area contributed by atoms with Crippen LogP contribution in [0.4, 0.5) is 0 Å². The number of nitrogens with zero attached hydrogens (tertiary/aromatic N) is 1. The molecule has 6 nitrogen and oxygen atoms in total. The summed E-state index contributed by atoms with van der Waals surface area (Å²) in [6.45, 7) is 2.05. The minimum absolute atomic E-state index is 0.118. The summed E-state index contributed by atoms with van der Waals surface area (Å²) in [7, 11) is 1.57. The van der Waals surface area contributed by atoms with Gasteiger partial charge in [-0.3, -0.25) is 9.59 Å². The van der Waals surface area contributed by atoms with Crippen LogP contribution in [0, 0.1) is 0 Å². The normalized spacial score (nSPS) is 10.6. The SMILES string of the molecule is CCCN(CC(=O)O)C(=O)Cc1coc2cc(OC)ccc12. The van der Waals surface area contributed by atoms with E-state index in [-0.39, 0.29) is 18.9 Å². The molecule has 0 fully saturated rings. The largest absolute Gasteiger partial charge is 0.497 e. The van der Waals surface area contributed by atoms with Gasteiger partial charge in [0.15, 0.2) is 0 Å². The molecule has 0 unspecified atom stereocenters. The van der Waals surface area contributed by atoms with E-state index in [4.69, 9.17) is 14.3 Å². The Kier molecular flexibility index (Phi) is 5.04. The molecule has 22 heavy (non-hydrogen) atoms. The van der Waals surface area contributed by atoms with Gasteiger partial charge >= 0.3 is 5.97 Å². The van der Waals surface area contributed by atoms with Gasteiger partial charge in [0.1, 0.15) is 17.9 Å². The van der Waals surface area contributed by atoms with Crippen molar-refractivity contribution in [1.82, 2.24) is 4.90 Å². The molecule has 1 N–H and O–H groups in total. The average molecular weight is 305 g/mol. The van der Waals surface area contributed by atoms with Crippen molar-refractivity contribution in [3.05, 3.63) is 30.0 Å². The molecule has 0 bridgehead atoms. The highest BCUT2D eigenvalue weighted by molar-refractivity contribution is 5.89. The topological polar surface area (TPSA) is 80.0 Å². The first-order chi connectivity index (χ1) is 10.5. The van der Waals surface area contributed by atoms with E-state index in [2.05, 4.69) is 0 Å². The number of ether oxygens (including phenoxy) is 1. The van der Waals surface area contributed by atoms with Crippen LogP contribution in [0.25, 0.3) is 11.0 Å². The zero-order valence-electron chi connectivity index (χ0n) is 12.7. The second-order valence-corrected chi connectivity index (χ2v) is 5.01. The van der Waals surface area contributed by atoms with Gasteiger partial charge in [0.2, 0.25) is 5.91 Å². The van der Waals surface area contributed by atoms with E-state index in [0.29, 0.717) is 24.3 Å².